The van der Waals surface area contributed by atoms with Crippen LogP contribution in [0.5, 0.6) is 5.75 Å². The third-order valence-electron chi connectivity index (χ3n) is 3.12. The van der Waals surface area contributed by atoms with E-state index < -0.39 is 17.4 Å². The van der Waals surface area contributed by atoms with Gasteiger partial charge in [0.15, 0.2) is 11.6 Å². The molecular formula is C17H16F2O. The van der Waals surface area contributed by atoms with Crippen LogP contribution in [0, 0.1) is 11.6 Å². The number of phenolic OH excluding ortho intramolecular Hbond substituents is 1. The molecule has 0 aromatic heterocycles. The number of halogens is 2. The van der Waals surface area contributed by atoms with Gasteiger partial charge in [-0.05, 0) is 23.6 Å². The molecule has 3 heteroatoms. The smallest absolute Gasteiger partial charge is 0.175 e. The summed E-state index contributed by atoms with van der Waals surface area (Å²) in [5.41, 5.74) is 0.881. The van der Waals surface area contributed by atoms with Crippen LogP contribution in [0.15, 0.2) is 36.4 Å². The molecule has 0 aliphatic rings. The topological polar surface area (TPSA) is 20.2 Å². The van der Waals surface area contributed by atoms with E-state index in [1.165, 1.54) is 12.1 Å². The Balaban J connectivity index is 2.43. The largest absolute Gasteiger partial charge is 0.505 e. The van der Waals surface area contributed by atoms with E-state index >= 15 is 0 Å². The number of hydrogen-bond donors (Lipinski definition) is 1. The lowest BCUT2D eigenvalue weighted by molar-refractivity contribution is 0.417. The minimum atomic E-state index is -0.916. The summed E-state index contributed by atoms with van der Waals surface area (Å²) in [7, 11) is 0. The molecule has 2 aromatic rings. The summed E-state index contributed by atoms with van der Waals surface area (Å²) in [5, 5.41) is 9.79. The summed E-state index contributed by atoms with van der Waals surface area (Å²) in [4.78, 5) is 0. The maximum Gasteiger partial charge on any atom is 0.175 e. The van der Waals surface area contributed by atoms with Gasteiger partial charge >= 0.3 is 0 Å². The van der Waals surface area contributed by atoms with E-state index in [1.54, 1.807) is 19.9 Å². The van der Waals surface area contributed by atoms with Crippen molar-refractivity contribution in [3.63, 3.8) is 0 Å². The minimum absolute atomic E-state index is 0.147. The Bertz CT molecular complexity index is 631. The number of rotatable bonds is 3. The van der Waals surface area contributed by atoms with Crippen LogP contribution in [0.3, 0.4) is 0 Å². The highest BCUT2D eigenvalue weighted by molar-refractivity contribution is 5.71. The second-order valence-electron chi connectivity index (χ2n) is 4.92. The number of benzene rings is 2. The molecule has 0 heterocycles. The second kappa shape index (κ2) is 5.87. The Hall–Kier alpha value is -2.16. The predicted octanol–water partition coefficient (Wildman–Crippen LogP) is 4.96. The molecule has 0 saturated heterocycles. The number of aromatic hydroxyl groups is 1. The van der Waals surface area contributed by atoms with Crippen molar-refractivity contribution in [2.75, 3.05) is 0 Å². The van der Waals surface area contributed by atoms with Crippen LogP contribution in [0.25, 0.3) is 12.2 Å². The van der Waals surface area contributed by atoms with Crippen molar-refractivity contribution < 1.29 is 13.9 Å². The van der Waals surface area contributed by atoms with E-state index in [4.69, 9.17) is 0 Å². The third kappa shape index (κ3) is 2.87. The van der Waals surface area contributed by atoms with E-state index in [1.807, 2.05) is 30.3 Å². The number of hydrogen-bond acceptors (Lipinski definition) is 1. The first-order valence-electron chi connectivity index (χ1n) is 6.44. The van der Waals surface area contributed by atoms with Gasteiger partial charge in [-0.2, -0.15) is 0 Å². The lowest BCUT2D eigenvalue weighted by atomic mass is 9.98. The lowest BCUT2D eigenvalue weighted by Crippen LogP contribution is -1.97. The quantitative estimate of drug-likeness (QED) is 0.784. The molecular weight excluding hydrogens is 258 g/mol. The first kappa shape index (κ1) is 14.3. The normalized spacial score (nSPS) is 11.4. The summed E-state index contributed by atoms with van der Waals surface area (Å²) in [6, 6.07) is 10.4. The van der Waals surface area contributed by atoms with E-state index in [0.717, 1.165) is 5.56 Å². The second-order valence-corrected chi connectivity index (χ2v) is 4.92. The van der Waals surface area contributed by atoms with Crippen LogP contribution in [-0.4, -0.2) is 5.11 Å². The average Bonchev–Trinajstić information content (AvgIpc) is 2.43. The van der Waals surface area contributed by atoms with Crippen LogP contribution in [0.1, 0.15) is 36.5 Å². The van der Waals surface area contributed by atoms with Crippen molar-refractivity contribution >= 4 is 12.2 Å². The lowest BCUT2D eigenvalue weighted by Gasteiger charge is -2.11. The Morgan fingerprint density at radius 2 is 1.70 bits per heavy atom. The first-order chi connectivity index (χ1) is 9.50. The molecule has 0 spiro atoms. The summed E-state index contributed by atoms with van der Waals surface area (Å²) in [5.74, 6) is -2.21. The summed E-state index contributed by atoms with van der Waals surface area (Å²) in [6.07, 6.45) is 2.94. The Morgan fingerprint density at radius 3 is 2.30 bits per heavy atom. The monoisotopic (exact) mass is 274 g/mol. The van der Waals surface area contributed by atoms with Crippen molar-refractivity contribution in [2.24, 2.45) is 0 Å². The van der Waals surface area contributed by atoms with E-state index in [0.29, 0.717) is 0 Å². The van der Waals surface area contributed by atoms with Crippen molar-refractivity contribution in [3.05, 3.63) is 64.7 Å². The molecule has 0 radical (unpaired) electrons. The number of phenols is 1. The molecule has 1 nitrogen and oxygen atoms in total. The molecule has 0 atom stereocenters. The van der Waals surface area contributed by atoms with Gasteiger partial charge in [0.2, 0.25) is 0 Å². The Kier molecular flexibility index (Phi) is 4.18. The van der Waals surface area contributed by atoms with Gasteiger partial charge in [0.1, 0.15) is 5.82 Å². The van der Waals surface area contributed by atoms with E-state index in [-0.39, 0.29) is 17.0 Å². The van der Waals surface area contributed by atoms with Crippen LogP contribution in [0.4, 0.5) is 8.78 Å². The maximum absolute atomic E-state index is 14.0. The summed E-state index contributed by atoms with van der Waals surface area (Å²) >= 11 is 0. The molecule has 0 amide bonds. The standard InChI is InChI=1S/C17H16F2O/c1-11(2)14-10-15(18)13(16(19)17(14)20)9-8-12-6-4-3-5-7-12/h3-11,20H,1-2H3/b9-8+. The highest BCUT2D eigenvalue weighted by Crippen LogP contribution is 2.32. The maximum atomic E-state index is 14.0. The zero-order chi connectivity index (χ0) is 14.7. The van der Waals surface area contributed by atoms with Gasteiger partial charge in [0.05, 0.1) is 0 Å². The van der Waals surface area contributed by atoms with Gasteiger partial charge in [0, 0.05) is 11.1 Å². The first-order valence-corrected chi connectivity index (χ1v) is 6.44. The summed E-state index contributed by atoms with van der Waals surface area (Å²) in [6.45, 7) is 3.54. The van der Waals surface area contributed by atoms with Gasteiger partial charge in [-0.15, -0.1) is 0 Å². The van der Waals surface area contributed by atoms with Crippen molar-refractivity contribution in [1.29, 1.82) is 0 Å². The molecule has 0 fully saturated rings. The van der Waals surface area contributed by atoms with E-state index in [9.17, 15) is 13.9 Å². The Morgan fingerprint density at radius 1 is 1.05 bits per heavy atom. The van der Waals surface area contributed by atoms with Gasteiger partial charge in [-0.25, -0.2) is 8.78 Å². The highest BCUT2D eigenvalue weighted by atomic mass is 19.1. The minimum Gasteiger partial charge on any atom is -0.505 e. The van der Waals surface area contributed by atoms with Crippen molar-refractivity contribution in [2.45, 2.75) is 19.8 Å². The fraction of sp³-hybridized carbons (Fsp3) is 0.176. The molecule has 0 saturated carbocycles. The molecule has 0 aliphatic heterocycles. The van der Waals surface area contributed by atoms with Crippen LogP contribution >= 0.6 is 0 Å². The fourth-order valence-corrected chi connectivity index (χ4v) is 1.98. The SMILES string of the molecule is CC(C)c1cc(F)c(/C=C/c2ccccc2)c(F)c1O. The molecule has 0 aliphatic carbocycles. The zero-order valence-corrected chi connectivity index (χ0v) is 11.4. The average molecular weight is 274 g/mol. The van der Waals surface area contributed by atoms with Crippen molar-refractivity contribution in [3.8, 4) is 5.75 Å². The Labute approximate surface area is 117 Å². The van der Waals surface area contributed by atoms with Crippen LogP contribution in [-0.2, 0) is 0 Å². The third-order valence-corrected chi connectivity index (χ3v) is 3.12. The van der Waals surface area contributed by atoms with Crippen molar-refractivity contribution in [1.82, 2.24) is 0 Å². The molecule has 0 unspecified atom stereocenters. The van der Waals surface area contributed by atoms with Crippen LogP contribution in [0.2, 0.25) is 0 Å². The molecule has 104 valence electrons. The molecule has 2 rings (SSSR count). The predicted molar refractivity (Wildman–Crippen MR) is 77.5 cm³/mol. The van der Waals surface area contributed by atoms with Gasteiger partial charge in [-0.3, -0.25) is 0 Å². The van der Waals surface area contributed by atoms with Gasteiger partial charge in [-0.1, -0.05) is 50.3 Å². The highest BCUT2D eigenvalue weighted by Gasteiger charge is 2.17. The van der Waals surface area contributed by atoms with E-state index in [2.05, 4.69) is 0 Å². The fourth-order valence-electron chi connectivity index (χ4n) is 1.98. The molecule has 2 aromatic carbocycles. The van der Waals surface area contributed by atoms with Gasteiger partial charge in [0.25, 0.3) is 0 Å². The molecule has 20 heavy (non-hydrogen) atoms. The van der Waals surface area contributed by atoms with Crippen LogP contribution < -0.4 is 0 Å². The molecule has 0 bridgehead atoms. The van der Waals surface area contributed by atoms with Gasteiger partial charge < -0.3 is 5.11 Å². The zero-order valence-electron chi connectivity index (χ0n) is 11.4. The molecule has 1 N–H and O–H groups in total. The summed E-state index contributed by atoms with van der Waals surface area (Å²) < 4.78 is 28.0.